The van der Waals surface area contributed by atoms with Crippen molar-refractivity contribution in [2.24, 2.45) is 0 Å². The van der Waals surface area contributed by atoms with Crippen molar-refractivity contribution in [2.75, 3.05) is 32.6 Å². The second-order valence-corrected chi connectivity index (χ2v) is 10.7. The topological polar surface area (TPSA) is 94.8 Å². The summed E-state index contributed by atoms with van der Waals surface area (Å²) in [4.78, 5) is 14.6. The number of aromatic amines is 2. The van der Waals surface area contributed by atoms with E-state index >= 15 is 0 Å². The predicted molar refractivity (Wildman–Crippen MR) is 163 cm³/mol. The summed E-state index contributed by atoms with van der Waals surface area (Å²) in [6.45, 7) is 5.40. The number of rotatable bonds is 9. The van der Waals surface area contributed by atoms with Gasteiger partial charge in [0.15, 0.2) is 0 Å². The molecule has 6 rings (SSSR count). The molecule has 8 nitrogen and oxygen atoms in total. The smallest absolute Gasteiger partial charge is 0.127 e. The molecule has 0 spiro atoms. The summed E-state index contributed by atoms with van der Waals surface area (Å²) in [6, 6.07) is 17.3. The quantitative estimate of drug-likeness (QED) is 0.185. The summed E-state index contributed by atoms with van der Waals surface area (Å²) in [7, 11) is 3.95. The Labute approximate surface area is 237 Å². The van der Waals surface area contributed by atoms with Crippen LogP contribution in [0.3, 0.4) is 0 Å². The lowest BCUT2D eigenvalue weighted by molar-refractivity contribution is 0.260. The number of ether oxygens (including phenoxy) is 1. The fourth-order valence-electron chi connectivity index (χ4n) is 4.95. The molecule has 0 saturated carbocycles. The van der Waals surface area contributed by atoms with Gasteiger partial charge in [0.1, 0.15) is 23.9 Å². The first kappa shape index (κ1) is 26.5. The van der Waals surface area contributed by atoms with Gasteiger partial charge < -0.3 is 19.9 Å². The second kappa shape index (κ2) is 11.0. The number of anilines is 1. The van der Waals surface area contributed by atoms with Gasteiger partial charge in [-0.15, -0.1) is 0 Å². The molecule has 0 aliphatic rings. The van der Waals surface area contributed by atoms with E-state index in [2.05, 4.69) is 50.4 Å². The minimum absolute atomic E-state index is 0.296. The van der Waals surface area contributed by atoms with Crippen LogP contribution in [0.2, 0.25) is 0 Å². The van der Waals surface area contributed by atoms with Gasteiger partial charge >= 0.3 is 0 Å². The Morgan fingerprint density at radius 2 is 1.83 bits per heavy atom. The highest BCUT2D eigenvalue weighted by Crippen LogP contribution is 2.36. The zero-order chi connectivity index (χ0) is 28.5. The first-order chi connectivity index (χ1) is 19.8. The third-order valence-electron chi connectivity index (χ3n) is 6.85. The van der Waals surface area contributed by atoms with Crippen LogP contribution in [0.1, 0.15) is 13.8 Å². The maximum atomic E-state index is 14.6. The SMILES string of the molecule is CC(C)Nc1cncc(-c2cc3c(-c4cc5c(-c6cc(F)cc(OCCN(C)C)c6)cccc5[nH]4)n[nH]c3cn2)c1. The Bertz CT molecular complexity index is 1840. The zero-order valence-corrected chi connectivity index (χ0v) is 23.5. The van der Waals surface area contributed by atoms with Crippen LogP contribution in [0.5, 0.6) is 5.75 Å². The standard InChI is InChI=1S/C32H32FN7O/c1-19(2)36-23-11-21(16-34-17-23)29-15-27-31(18-35-29)38-39-32(27)30-14-26-25(6-5-7-28(26)37-30)20-10-22(33)13-24(12-20)41-9-8-40(3)4/h5-7,10-19,36-37H,8-9H2,1-4H3,(H,38,39). The molecular formula is C32H32FN7O. The van der Waals surface area contributed by atoms with E-state index in [1.54, 1.807) is 12.3 Å². The summed E-state index contributed by atoms with van der Waals surface area (Å²) in [6.07, 6.45) is 5.42. The van der Waals surface area contributed by atoms with Gasteiger partial charge in [-0.25, -0.2) is 4.39 Å². The normalized spacial score (nSPS) is 11.7. The molecule has 4 aromatic heterocycles. The molecule has 41 heavy (non-hydrogen) atoms. The number of pyridine rings is 2. The number of benzene rings is 2. The van der Waals surface area contributed by atoms with Crippen molar-refractivity contribution in [3.63, 3.8) is 0 Å². The van der Waals surface area contributed by atoms with Gasteiger partial charge in [0.05, 0.1) is 28.8 Å². The number of fused-ring (bicyclic) bond motifs is 2. The highest BCUT2D eigenvalue weighted by molar-refractivity contribution is 6.01. The van der Waals surface area contributed by atoms with Gasteiger partial charge in [-0.3, -0.25) is 15.1 Å². The number of nitrogens with zero attached hydrogens (tertiary/aromatic N) is 4. The Hall–Kier alpha value is -4.76. The van der Waals surface area contributed by atoms with E-state index < -0.39 is 0 Å². The highest BCUT2D eigenvalue weighted by atomic mass is 19.1. The zero-order valence-electron chi connectivity index (χ0n) is 23.5. The van der Waals surface area contributed by atoms with Gasteiger partial charge in [0.25, 0.3) is 0 Å². The van der Waals surface area contributed by atoms with E-state index in [1.807, 2.05) is 67.8 Å². The third kappa shape index (κ3) is 5.62. The molecule has 0 amide bonds. The van der Waals surface area contributed by atoms with Crippen LogP contribution < -0.4 is 10.1 Å². The van der Waals surface area contributed by atoms with Crippen molar-refractivity contribution >= 4 is 27.5 Å². The van der Waals surface area contributed by atoms with Gasteiger partial charge in [-0.05, 0) is 75.5 Å². The molecule has 6 aromatic rings. The lowest BCUT2D eigenvalue weighted by atomic mass is 10.0. The minimum Gasteiger partial charge on any atom is -0.492 e. The molecule has 0 bridgehead atoms. The van der Waals surface area contributed by atoms with Crippen molar-refractivity contribution in [2.45, 2.75) is 19.9 Å². The van der Waals surface area contributed by atoms with Crippen molar-refractivity contribution in [3.05, 3.63) is 79.0 Å². The Balaban J connectivity index is 1.37. The van der Waals surface area contributed by atoms with Crippen molar-refractivity contribution in [3.8, 4) is 39.5 Å². The maximum Gasteiger partial charge on any atom is 0.127 e. The van der Waals surface area contributed by atoms with Crippen LogP contribution in [-0.2, 0) is 0 Å². The van der Waals surface area contributed by atoms with Crippen LogP contribution in [0.4, 0.5) is 10.1 Å². The monoisotopic (exact) mass is 549 g/mol. The minimum atomic E-state index is -0.337. The molecular weight excluding hydrogens is 517 g/mol. The number of halogens is 1. The summed E-state index contributed by atoms with van der Waals surface area (Å²) in [5.74, 6) is 0.172. The Morgan fingerprint density at radius 3 is 2.66 bits per heavy atom. The molecule has 0 unspecified atom stereocenters. The average molecular weight is 550 g/mol. The van der Waals surface area contributed by atoms with E-state index in [4.69, 9.17) is 4.74 Å². The fourth-order valence-corrected chi connectivity index (χ4v) is 4.95. The first-order valence-corrected chi connectivity index (χ1v) is 13.6. The van der Waals surface area contributed by atoms with Crippen LogP contribution in [0, 0.1) is 5.82 Å². The van der Waals surface area contributed by atoms with Gasteiger partial charge in [-0.1, -0.05) is 12.1 Å². The molecule has 0 aliphatic carbocycles. The third-order valence-corrected chi connectivity index (χ3v) is 6.85. The molecule has 3 N–H and O–H groups in total. The number of likely N-dealkylation sites (N-methyl/N-ethyl adjacent to an activating group) is 1. The summed E-state index contributed by atoms with van der Waals surface area (Å²) < 4.78 is 20.5. The van der Waals surface area contributed by atoms with E-state index in [0.717, 1.165) is 67.8 Å². The molecule has 0 aliphatic heterocycles. The van der Waals surface area contributed by atoms with Gasteiger partial charge in [0.2, 0.25) is 0 Å². The maximum absolute atomic E-state index is 14.6. The highest BCUT2D eigenvalue weighted by Gasteiger charge is 2.16. The molecule has 208 valence electrons. The lowest BCUT2D eigenvalue weighted by Gasteiger charge is -2.12. The summed E-state index contributed by atoms with van der Waals surface area (Å²) >= 11 is 0. The number of H-pyrrole nitrogens is 2. The Kier molecular flexibility index (Phi) is 7.11. The molecule has 0 radical (unpaired) electrons. The number of nitrogens with one attached hydrogen (secondary N) is 3. The second-order valence-electron chi connectivity index (χ2n) is 10.7. The van der Waals surface area contributed by atoms with Crippen molar-refractivity contribution in [1.29, 1.82) is 0 Å². The summed E-state index contributed by atoms with van der Waals surface area (Å²) in [5.41, 5.74) is 7.71. The first-order valence-electron chi connectivity index (χ1n) is 13.6. The van der Waals surface area contributed by atoms with Crippen LogP contribution in [0.15, 0.2) is 73.2 Å². The number of hydrogen-bond donors (Lipinski definition) is 3. The molecule has 9 heteroatoms. The van der Waals surface area contributed by atoms with Crippen molar-refractivity contribution < 1.29 is 9.13 Å². The molecule has 0 saturated heterocycles. The van der Waals surface area contributed by atoms with Crippen LogP contribution in [0.25, 0.3) is 55.6 Å². The van der Waals surface area contributed by atoms with Crippen LogP contribution >= 0.6 is 0 Å². The average Bonchev–Trinajstić information content (AvgIpc) is 3.56. The number of aromatic nitrogens is 5. The molecule has 0 fully saturated rings. The summed E-state index contributed by atoms with van der Waals surface area (Å²) in [5, 5.41) is 13.0. The fraction of sp³-hybridized carbons (Fsp3) is 0.219. The lowest BCUT2D eigenvalue weighted by Crippen LogP contribution is -2.19. The van der Waals surface area contributed by atoms with Crippen molar-refractivity contribution in [1.82, 2.24) is 30.0 Å². The van der Waals surface area contributed by atoms with Gasteiger partial charge in [0, 0.05) is 52.9 Å². The van der Waals surface area contributed by atoms with E-state index in [9.17, 15) is 4.39 Å². The largest absolute Gasteiger partial charge is 0.492 e. The van der Waals surface area contributed by atoms with E-state index in [-0.39, 0.29) is 5.82 Å². The van der Waals surface area contributed by atoms with E-state index in [1.165, 1.54) is 6.07 Å². The van der Waals surface area contributed by atoms with Crippen LogP contribution in [-0.4, -0.2) is 63.3 Å². The molecule has 0 atom stereocenters. The van der Waals surface area contributed by atoms with E-state index in [0.29, 0.717) is 18.4 Å². The predicted octanol–water partition coefficient (Wildman–Crippen LogP) is 6.74. The molecule has 4 heterocycles. The van der Waals surface area contributed by atoms with Gasteiger partial charge in [-0.2, -0.15) is 5.10 Å². The Morgan fingerprint density at radius 1 is 0.951 bits per heavy atom. The number of hydrogen-bond acceptors (Lipinski definition) is 6. The molecule has 2 aromatic carbocycles.